The Labute approximate surface area is 695 Å². The van der Waals surface area contributed by atoms with Gasteiger partial charge in [0, 0.05) is 89.7 Å². The van der Waals surface area contributed by atoms with E-state index in [0.717, 1.165) is 22.7 Å². The molecule has 2 aromatic heterocycles. The number of hydrogen-bond donors (Lipinski definition) is 0. The number of benzene rings is 17. The van der Waals surface area contributed by atoms with E-state index >= 15 is 0 Å². The van der Waals surface area contributed by atoms with Crippen molar-refractivity contribution in [2.24, 2.45) is 5.92 Å². The molecule has 24 rings (SSSR count). The van der Waals surface area contributed by atoms with E-state index in [2.05, 4.69) is 471 Å². The summed E-state index contributed by atoms with van der Waals surface area (Å²) in [6.45, 7) is 9.46. The Bertz CT molecular complexity index is 7230. The molecule has 119 heavy (non-hydrogen) atoms. The van der Waals surface area contributed by atoms with Gasteiger partial charge in [0.25, 0.3) is 0 Å². The maximum absolute atomic E-state index is 2.51. The zero-order valence-corrected chi connectivity index (χ0v) is 66.9. The van der Waals surface area contributed by atoms with Crippen molar-refractivity contribution in [3.63, 3.8) is 0 Å². The Morgan fingerprint density at radius 2 is 0.555 bits per heavy atom. The number of allylic oxidation sites excluding steroid dienone is 4. The van der Waals surface area contributed by atoms with Crippen molar-refractivity contribution in [3.8, 4) is 78.1 Å². The van der Waals surface area contributed by atoms with Crippen LogP contribution in [0.15, 0.2) is 425 Å². The Balaban J connectivity index is 0.000000140. The molecule has 564 valence electrons. The van der Waals surface area contributed by atoms with E-state index in [1.807, 2.05) is 0 Å². The second-order valence-electron chi connectivity index (χ2n) is 33.8. The lowest BCUT2D eigenvalue weighted by atomic mass is 9.65. The predicted molar refractivity (Wildman–Crippen MR) is 499 cm³/mol. The highest BCUT2D eigenvalue weighted by atomic mass is 15.1. The molecule has 4 heteroatoms. The molecule has 0 bridgehead atoms. The third-order valence-electron chi connectivity index (χ3n) is 26.9. The van der Waals surface area contributed by atoms with Gasteiger partial charge in [0.1, 0.15) is 0 Å². The smallest absolute Gasteiger partial charge is 0.0541 e. The number of fused-ring (bicyclic) bond motifs is 22. The SMILES string of the molecule is C1=CC2c3ccccc3C3(c4ccccc4-c4ccc(N(c5ccc(-c6ccccc6)cc5)c5ccc(-c6ccc7c(c6)c6ccccc6n7-c6ccccc6)cc5)cc43)C2C=C1.CC1(C)c2ccccc2-c2ccc(N(c3ccc(-c4ccc5c(c4)c4ccccc4n5-c4ccccc4)cc3)c3ccc4c(c3)C(C)(C)c3ccccc3-4)cc21. The van der Waals surface area contributed by atoms with Crippen LogP contribution in [0.4, 0.5) is 34.1 Å². The number of aromatic nitrogens is 2. The minimum Gasteiger partial charge on any atom is -0.310 e. The molecule has 4 nitrogen and oxygen atoms in total. The molecule has 0 saturated heterocycles. The summed E-state index contributed by atoms with van der Waals surface area (Å²) >= 11 is 0. The van der Waals surface area contributed by atoms with Gasteiger partial charge in [-0.15, -0.1) is 0 Å². The summed E-state index contributed by atoms with van der Waals surface area (Å²) < 4.78 is 4.76. The van der Waals surface area contributed by atoms with Crippen molar-refractivity contribution >= 4 is 77.7 Å². The standard InChI is InChI=1S/C61H42N2.C54H42N2/c1-3-15-41(16-4-1)42-27-32-46(33-28-42)62(47-34-29-43(30-35-47)44-31-38-60-54(39-44)53-22-10-14-26-59(53)63(60)45-17-5-2-6-18-45)48-36-37-52-51-21-9-13-25-57(51)61(58(52)40-48)55-23-11-7-19-49(55)50-20-8-12-24-56(50)61;1-53(2)47-19-11-8-16-41(47)43-29-27-39(33-49(43)53)55(40-28-30-44-42-17-9-12-20-48(42)54(3,4)50(44)34-40)38-25-22-35(23-26-38)36-24-31-52-46(32-36)45-18-10-13-21-51(45)56(52)37-14-6-5-7-15-37/h1-40,49,55H;5-34H,1-4H3. The van der Waals surface area contributed by atoms with E-state index in [-0.39, 0.29) is 22.2 Å². The molecule has 1 spiro atoms. The van der Waals surface area contributed by atoms with Crippen LogP contribution in [-0.4, -0.2) is 9.13 Å². The van der Waals surface area contributed by atoms with Gasteiger partial charge in [-0.25, -0.2) is 0 Å². The van der Waals surface area contributed by atoms with Gasteiger partial charge in [0.15, 0.2) is 0 Å². The summed E-state index contributed by atoms with van der Waals surface area (Å²) in [5.41, 5.74) is 39.9. The highest BCUT2D eigenvalue weighted by Crippen LogP contribution is 2.66. The summed E-state index contributed by atoms with van der Waals surface area (Å²) in [4.78, 5) is 4.90. The normalized spacial score (nSPS) is 16.2. The summed E-state index contributed by atoms with van der Waals surface area (Å²) in [5, 5.41) is 5.03. The fourth-order valence-electron chi connectivity index (χ4n) is 21.3. The van der Waals surface area contributed by atoms with E-state index in [1.54, 1.807) is 0 Å². The average Bonchev–Trinajstić information content (AvgIpc) is 1.51. The highest BCUT2D eigenvalue weighted by molar-refractivity contribution is 6.12. The second-order valence-corrected chi connectivity index (χ2v) is 33.8. The lowest BCUT2D eigenvalue weighted by Crippen LogP contribution is -2.33. The number of anilines is 6. The van der Waals surface area contributed by atoms with E-state index in [1.165, 1.54) is 178 Å². The Hall–Kier alpha value is -14.6. The lowest BCUT2D eigenvalue weighted by Gasteiger charge is -2.36. The number of rotatable bonds is 11. The first kappa shape index (κ1) is 69.9. The van der Waals surface area contributed by atoms with Gasteiger partial charge < -0.3 is 18.9 Å². The fraction of sp³-hybridized carbons (Fsp3) is 0.0783. The Morgan fingerprint density at radius 1 is 0.227 bits per heavy atom. The third kappa shape index (κ3) is 10.8. The summed E-state index contributed by atoms with van der Waals surface area (Å²) in [6.07, 6.45) is 9.39. The van der Waals surface area contributed by atoms with Gasteiger partial charge in [0.05, 0.1) is 27.5 Å². The van der Waals surface area contributed by atoms with Crippen LogP contribution in [0.5, 0.6) is 0 Å². The molecule has 3 atom stereocenters. The van der Waals surface area contributed by atoms with Crippen molar-refractivity contribution in [1.82, 2.24) is 9.13 Å². The number of hydrogen-bond acceptors (Lipinski definition) is 2. The molecule has 5 aliphatic carbocycles. The van der Waals surface area contributed by atoms with Crippen molar-refractivity contribution in [3.05, 3.63) is 469 Å². The third-order valence-corrected chi connectivity index (χ3v) is 26.9. The van der Waals surface area contributed by atoms with E-state index in [0.29, 0.717) is 5.92 Å². The van der Waals surface area contributed by atoms with Crippen LogP contribution in [0.3, 0.4) is 0 Å². The lowest BCUT2D eigenvalue weighted by molar-refractivity contribution is 0.465. The summed E-state index contributed by atoms with van der Waals surface area (Å²) in [5.74, 6) is 0.589. The number of nitrogens with zero attached hydrogens (tertiary/aromatic N) is 4. The zero-order valence-electron chi connectivity index (χ0n) is 66.9. The van der Waals surface area contributed by atoms with Gasteiger partial charge >= 0.3 is 0 Å². The molecule has 0 amide bonds. The molecule has 2 heterocycles. The first-order chi connectivity index (χ1) is 58.5. The van der Waals surface area contributed by atoms with Crippen LogP contribution >= 0.6 is 0 Å². The van der Waals surface area contributed by atoms with Crippen molar-refractivity contribution < 1.29 is 0 Å². The van der Waals surface area contributed by atoms with Crippen LogP contribution < -0.4 is 9.80 Å². The van der Waals surface area contributed by atoms with Gasteiger partial charge in [0.2, 0.25) is 0 Å². The minimum atomic E-state index is -0.306. The molecule has 17 aromatic carbocycles. The number of para-hydroxylation sites is 4. The first-order valence-electron chi connectivity index (χ1n) is 41.9. The second kappa shape index (κ2) is 27.3. The van der Waals surface area contributed by atoms with Crippen LogP contribution in [-0.2, 0) is 16.2 Å². The molecule has 3 unspecified atom stereocenters. The largest absolute Gasteiger partial charge is 0.310 e. The van der Waals surface area contributed by atoms with Crippen molar-refractivity contribution in [1.29, 1.82) is 0 Å². The summed E-state index contributed by atoms with van der Waals surface area (Å²) in [7, 11) is 0. The van der Waals surface area contributed by atoms with E-state index < -0.39 is 0 Å². The van der Waals surface area contributed by atoms with Gasteiger partial charge in [-0.2, -0.15) is 0 Å². The molecular formula is C115H84N4. The molecule has 0 radical (unpaired) electrons. The van der Waals surface area contributed by atoms with Gasteiger partial charge in [-0.1, -0.05) is 319 Å². The van der Waals surface area contributed by atoms with Gasteiger partial charge in [-0.05, 0) is 245 Å². The van der Waals surface area contributed by atoms with Crippen molar-refractivity contribution in [2.45, 2.75) is 49.9 Å². The minimum absolute atomic E-state index is 0.0959. The maximum Gasteiger partial charge on any atom is 0.0541 e. The fourth-order valence-corrected chi connectivity index (χ4v) is 21.3. The molecular weight excluding hydrogens is 1440 g/mol. The predicted octanol–water partition coefficient (Wildman–Crippen LogP) is 30.3. The van der Waals surface area contributed by atoms with Crippen LogP contribution in [0, 0.1) is 5.92 Å². The molecule has 0 aliphatic heterocycles. The topological polar surface area (TPSA) is 16.3 Å². The zero-order chi connectivity index (χ0) is 79.2. The van der Waals surface area contributed by atoms with Crippen LogP contribution in [0.1, 0.15) is 78.1 Å². The maximum atomic E-state index is 2.51. The molecule has 19 aromatic rings. The monoisotopic (exact) mass is 1520 g/mol. The Morgan fingerprint density at radius 3 is 1.04 bits per heavy atom. The summed E-state index contributed by atoms with van der Waals surface area (Å²) in [6, 6.07) is 148. The average molecular weight is 1520 g/mol. The molecule has 0 fully saturated rings. The van der Waals surface area contributed by atoms with Crippen LogP contribution in [0.25, 0.3) is 122 Å². The first-order valence-corrected chi connectivity index (χ1v) is 41.9. The quantitative estimate of drug-likeness (QED) is 0.128. The molecule has 0 saturated carbocycles. The van der Waals surface area contributed by atoms with Gasteiger partial charge in [-0.3, -0.25) is 0 Å². The van der Waals surface area contributed by atoms with E-state index in [4.69, 9.17) is 0 Å². The molecule has 5 aliphatic rings. The molecule has 0 N–H and O–H groups in total. The highest BCUT2D eigenvalue weighted by Gasteiger charge is 2.57. The van der Waals surface area contributed by atoms with E-state index in [9.17, 15) is 0 Å². The van der Waals surface area contributed by atoms with Crippen molar-refractivity contribution in [2.75, 3.05) is 9.80 Å². The van der Waals surface area contributed by atoms with Crippen LogP contribution in [0.2, 0.25) is 0 Å². The Kier molecular flexibility index (Phi) is 16.0.